The Kier molecular flexibility index (Phi) is 3.23. The van der Waals surface area contributed by atoms with Crippen molar-refractivity contribution in [3.63, 3.8) is 0 Å². The molecule has 0 heterocycles. The molecule has 0 radical (unpaired) electrons. The molecule has 0 aromatic heterocycles. The van der Waals surface area contributed by atoms with Gasteiger partial charge in [0.25, 0.3) is 0 Å². The van der Waals surface area contributed by atoms with Crippen LogP contribution in [0, 0.1) is 5.92 Å². The van der Waals surface area contributed by atoms with Crippen LogP contribution in [0.25, 0.3) is 0 Å². The molecule has 0 unspecified atom stereocenters. The summed E-state index contributed by atoms with van der Waals surface area (Å²) < 4.78 is 0. The van der Waals surface area contributed by atoms with Crippen molar-refractivity contribution in [3.8, 4) is 0 Å². The highest BCUT2D eigenvalue weighted by Crippen LogP contribution is 2.24. The lowest BCUT2D eigenvalue weighted by Crippen LogP contribution is -2.64. The molecule has 1 aliphatic rings. The van der Waals surface area contributed by atoms with E-state index in [4.69, 9.17) is 10.8 Å². The third-order valence-corrected chi connectivity index (χ3v) is 2.59. The molecule has 0 aliphatic heterocycles. The summed E-state index contributed by atoms with van der Waals surface area (Å²) in [6, 6.07) is -0.932. The molecular weight excluding hydrogens is 178 g/mol. The van der Waals surface area contributed by atoms with Gasteiger partial charge in [0.15, 0.2) is 0 Å². The lowest BCUT2D eigenvalue weighted by molar-refractivity contribution is -0.171. The molecule has 6 nitrogen and oxygen atoms in total. The Labute approximate surface area is 75.2 Å². The lowest BCUT2D eigenvalue weighted by Gasteiger charge is -2.41. The third kappa shape index (κ3) is 1.69. The van der Waals surface area contributed by atoms with E-state index in [0.717, 1.165) is 0 Å². The Balaban J connectivity index is 2.79. The highest BCUT2D eigenvalue weighted by Gasteiger charge is 2.46. The fourth-order valence-electron chi connectivity index (χ4n) is 1.60. The molecule has 1 saturated carbocycles. The summed E-state index contributed by atoms with van der Waals surface area (Å²) in [5, 5.41) is 45.8. The molecule has 7 N–H and O–H groups in total. The van der Waals surface area contributed by atoms with Crippen LogP contribution in [0.5, 0.6) is 0 Å². The zero-order valence-corrected chi connectivity index (χ0v) is 6.98. The summed E-state index contributed by atoms with van der Waals surface area (Å²) in [6.07, 6.45) is -5.56. The molecule has 0 saturated heterocycles. The van der Waals surface area contributed by atoms with Gasteiger partial charge in [-0.25, -0.2) is 0 Å². The van der Waals surface area contributed by atoms with E-state index in [-0.39, 0.29) is 0 Å². The van der Waals surface area contributed by atoms with E-state index in [2.05, 4.69) is 0 Å². The van der Waals surface area contributed by atoms with Crippen molar-refractivity contribution in [1.29, 1.82) is 0 Å². The first-order valence-corrected chi connectivity index (χ1v) is 4.09. The van der Waals surface area contributed by atoms with Crippen LogP contribution in [0.4, 0.5) is 0 Å². The van der Waals surface area contributed by atoms with E-state index in [9.17, 15) is 20.4 Å². The monoisotopic (exact) mass is 193 g/mol. The first kappa shape index (κ1) is 10.8. The highest BCUT2D eigenvalue weighted by molar-refractivity contribution is 4.99. The molecule has 0 aromatic rings. The van der Waals surface area contributed by atoms with Crippen LogP contribution in [0.15, 0.2) is 0 Å². The van der Waals surface area contributed by atoms with Gasteiger partial charge in [0, 0.05) is 12.0 Å². The molecule has 13 heavy (non-hydrogen) atoms. The maximum Gasteiger partial charge on any atom is 0.110 e. The minimum atomic E-state index is -1.47. The van der Waals surface area contributed by atoms with Crippen LogP contribution in [-0.2, 0) is 0 Å². The normalized spacial score (nSPS) is 52.2. The topological polar surface area (TPSA) is 127 Å². The number of nitrogens with two attached hydrogens (primary N) is 1. The fourth-order valence-corrected chi connectivity index (χ4v) is 1.60. The molecule has 78 valence electrons. The minimum Gasteiger partial charge on any atom is -0.396 e. The van der Waals surface area contributed by atoms with E-state index in [0.29, 0.717) is 0 Å². The summed E-state index contributed by atoms with van der Waals surface area (Å²) in [7, 11) is 0. The fraction of sp³-hybridized carbons (Fsp3) is 1.00. The van der Waals surface area contributed by atoms with Gasteiger partial charge in [0.2, 0.25) is 0 Å². The smallest absolute Gasteiger partial charge is 0.110 e. The van der Waals surface area contributed by atoms with E-state index < -0.39 is 43.0 Å². The molecule has 1 aliphatic carbocycles. The summed E-state index contributed by atoms with van der Waals surface area (Å²) in [4.78, 5) is 0. The first-order valence-electron chi connectivity index (χ1n) is 4.09. The first-order chi connectivity index (χ1) is 6.00. The van der Waals surface area contributed by atoms with E-state index in [1.807, 2.05) is 0 Å². The second kappa shape index (κ2) is 3.87. The molecule has 6 atom stereocenters. The van der Waals surface area contributed by atoms with Gasteiger partial charge in [-0.05, 0) is 0 Å². The van der Waals surface area contributed by atoms with E-state index >= 15 is 0 Å². The Hall–Kier alpha value is -0.240. The van der Waals surface area contributed by atoms with Crippen LogP contribution < -0.4 is 5.73 Å². The van der Waals surface area contributed by atoms with Gasteiger partial charge in [0.05, 0.1) is 18.8 Å². The van der Waals surface area contributed by atoms with Crippen LogP contribution in [-0.4, -0.2) is 62.6 Å². The summed E-state index contributed by atoms with van der Waals surface area (Å²) in [5.74, 6) is -0.812. The SMILES string of the molecule is N[C@H]1[C@H](O)[C@H](O)[C@@H](O)[C@H](O)[C@H]1CO. The Morgan fingerprint density at radius 2 is 1.31 bits per heavy atom. The molecule has 1 rings (SSSR count). The number of aliphatic hydroxyl groups excluding tert-OH is 5. The largest absolute Gasteiger partial charge is 0.396 e. The lowest BCUT2D eigenvalue weighted by atomic mass is 9.78. The van der Waals surface area contributed by atoms with E-state index in [1.54, 1.807) is 0 Å². The van der Waals surface area contributed by atoms with Crippen LogP contribution in [0.1, 0.15) is 0 Å². The molecule has 6 heteroatoms. The van der Waals surface area contributed by atoms with Gasteiger partial charge in [-0.3, -0.25) is 0 Å². The van der Waals surface area contributed by atoms with Crippen LogP contribution in [0.2, 0.25) is 0 Å². The molecule has 0 aromatic carbocycles. The van der Waals surface area contributed by atoms with Crippen molar-refractivity contribution in [2.24, 2.45) is 11.7 Å². The summed E-state index contributed by atoms with van der Waals surface area (Å²) >= 11 is 0. The molecule has 0 bridgehead atoms. The minimum absolute atomic E-state index is 0.441. The molecule has 0 amide bonds. The quantitative estimate of drug-likeness (QED) is 0.255. The Bertz CT molecular complexity index is 162. The van der Waals surface area contributed by atoms with Gasteiger partial charge >= 0.3 is 0 Å². The number of hydrogen-bond donors (Lipinski definition) is 6. The number of hydrogen-bond acceptors (Lipinski definition) is 6. The van der Waals surface area contributed by atoms with Crippen molar-refractivity contribution in [3.05, 3.63) is 0 Å². The standard InChI is InChI=1S/C7H15NO5/c8-3-2(1-9)4(10)6(12)7(13)5(3)11/h2-7,9-13H,1,8H2/t2-,3+,4+,5-,6-,7-/m0/s1. The van der Waals surface area contributed by atoms with Crippen molar-refractivity contribution < 1.29 is 25.5 Å². The van der Waals surface area contributed by atoms with Gasteiger partial charge in [-0.15, -0.1) is 0 Å². The summed E-state index contributed by atoms with van der Waals surface area (Å²) in [6.45, 7) is -0.441. The van der Waals surface area contributed by atoms with Crippen molar-refractivity contribution in [2.45, 2.75) is 30.5 Å². The molecule has 1 fully saturated rings. The predicted octanol–water partition coefficient (Wildman–Crippen LogP) is -3.62. The van der Waals surface area contributed by atoms with E-state index in [1.165, 1.54) is 0 Å². The summed E-state index contributed by atoms with van der Waals surface area (Å²) in [5.41, 5.74) is 5.43. The average molecular weight is 193 g/mol. The van der Waals surface area contributed by atoms with Gasteiger partial charge in [-0.1, -0.05) is 0 Å². The zero-order valence-electron chi connectivity index (χ0n) is 6.98. The van der Waals surface area contributed by atoms with Crippen LogP contribution in [0.3, 0.4) is 0 Å². The highest BCUT2D eigenvalue weighted by atomic mass is 16.4. The third-order valence-electron chi connectivity index (χ3n) is 2.59. The van der Waals surface area contributed by atoms with Gasteiger partial charge < -0.3 is 31.3 Å². The average Bonchev–Trinajstić information content (AvgIpc) is 2.13. The maximum atomic E-state index is 9.33. The number of aliphatic hydroxyl groups is 5. The van der Waals surface area contributed by atoms with Gasteiger partial charge in [0.1, 0.15) is 12.2 Å². The maximum absolute atomic E-state index is 9.33. The Morgan fingerprint density at radius 1 is 0.846 bits per heavy atom. The second-order valence-electron chi connectivity index (χ2n) is 3.39. The molecular formula is C7H15NO5. The van der Waals surface area contributed by atoms with Crippen molar-refractivity contribution in [1.82, 2.24) is 0 Å². The zero-order chi connectivity index (χ0) is 10.2. The van der Waals surface area contributed by atoms with Crippen molar-refractivity contribution >= 4 is 0 Å². The molecule has 0 spiro atoms. The Morgan fingerprint density at radius 3 is 1.77 bits per heavy atom. The number of rotatable bonds is 1. The second-order valence-corrected chi connectivity index (χ2v) is 3.39. The van der Waals surface area contributed by atoms with Crippen molar-refractivity contribution in [2.75, 3.05) is 6.61 Å². The van der Waals surface area contributed by atoms with Crippen LogP contribution >= 0.6 is 0 Å². The predicted molar refractivity (Wildman–Crippen MR) is 42.6 cm³/mol. The van der Waals surface area contributed by atoms with Gasteiger partial charge in [-0.2, -0.15) is 0 Å².